The van der Waals surface area contributed by atoms with Gasteiger partial charge in [-0.1, -0.05) is 11.8 Å². The zero-order valence-corrected chi connectivity index (χ0v) is 20.5. The molecule has 3 aliphatic rings. The molecule has 2 aromatic rings. The Hall–Kier alpha value is -2.35. The maximum atomic E-state index is 13.2. The lowest BCUT2D eigenvalue weighted by Gasteiger charge is -2.26. The molecule has 0 amide bonds. The first-order valence-corrected chi connectivity index (χ1v) is 13.0. The lowest BCUT2D eigenvalue weighted by Crippen LogP contribution is -2.37. The van der Waals surface area contributed by atoms with E-state index in [4.69, 9.17) is 18.9 Å². The van der Waals surface area contributed by atoms with Gasteiger partial charge in [0.2, 0.25) is 0 Å². The highest BCUT2D eigenvalue weighted by atomic mass is 32.2. The van der Waals surface area contributed by atoms with Gasteiger partial charge in [-0.3, -0.25) is 4.90 Å². The topological polar surface area (TPSA) is 81.5 Å². The van der Waals surface area contributed by atoms with Crippen LogP contribution < -0.4 is 14.5 Å². The molecule has 5 rings (SSSR count). The van der Waals surface area contributed by atoms with Crippen LogP contribution in [-0.4, -0.2) is 90.7 Å². The third-order valence-corrected chi connectivity index (χ3v) is 7.09. The molecule has 9 nitrogen and oxygen atoms in total. The Kier molecular flexibility index (Phi) is 7.99. The molecule has 2 saturated heterocycles. The first-order chi connectivity index (χ1) is 17.5. The number of thioether (sulfide) groups is 1. The molecule has 0 radical (unpaired) electrons. The van der Waals surface area contributed by atoms with Gasteiger partial charge >= 0.3 is 6.18 Å². The number of ether oxygens (including phenoxy) is 4. The fourth-order valence-electron chi connectivity index (χ4n) is 4.30. The molecule has 196 valence electrons. The van der Waals surface area contributed by atoms with Crippen LogP contribution in [0.1, 0.15) is 19.3 Å². The number of benzene rings is 1. The van der Waals surface area contributed by atoms with E-state index in [0.29, 0.717) is 66.8 Å². The Morgan fingerprint density at radius 2 is 1.83 bits per heavy atom. The van der Waals surface area contributed by atoms with Crippen LogP contribution in [0.4, 0.5) is 19.0 Å². The molecule has 4 heterocycles. The number of morpholine rings is 1. The van der Waals surface area contributed by atoms with Crippen LogP contribution in [0.5, 0.6) is 11.5 Å². The summed E-state index contributed by atoms with van der Waals surface area (Å²) in [5, 5.41) is 4.63. The van der Waals surface area contributed by atoms with Gasteiger partial charge < -0.3 is 18.9 Å². The molecule has 1 aromatic heterocycles. The summed E-state index contributed by atoms with van der Waals surface area (Å²) in [6.45, 7) is 5.96. The van der Waals surface area contributed by atoms with Gasteiger partial charge in [0, 0.05) is 44.6 Å². The monoisotopic (exact) mass is 527 g/mol. The van der Waals surface area contributed by atoms with Gasteiger partial charge in [-0.05, 0) is 6.42 Å². The number of nitrogens with zero attached hydrogens (tertiary/aromatic N) is 5. The number of hydrazone groups is 1. The minimum Gasteiger partial charge on any atom is -0.493 e. The predicted molar refractivity (Wildman–Crippen MR) is 130 cm³/mol. The summed E-state index contributed by atoms with van der Waals surface area (Å²) in [6, 6.07) is 3.54. The fraction of sp³-hybridized carbons (Fsp3) is 0.609. The summed E-state index contributed by atoms with van der Waals surface area (Å²) < 4.78 is 62.8. The van der Waals surface area contributed by atoms with Crippen molar-refractivity contribution in [2.75, 3.05) is 63.6 Å². The van der Waals surface area contributed by atoms with Crippen LogP contribution in [0.25, 0.3) is 10.9 Å². The maximum Gasteiger partial charge on any atom is 0.441 e. The zero-order chi connectivity index (χ0) is 25.0. The summed E-state index contributed by atoms with van der Waals surface area (Å²) in [6.07, 6.45) is -0.997. The van der Waals surface area contributed by atoms with Crippen LogP contribution in [0.3, 0.4) is 0 Å². The molecular formula is C23H28F3N5O4S. The van der Waals surface area contributed by atoms with Gasteiger partial charge in [0.25, 0.3) is 0 Å². The van der Waals surface area contributed by atoms with Crippen molar-refractivity contribution in [2.24, 2.45) is 5.10 Å². The van der Waals surface area contributed by atoms with Crippen molar-refractivity contribution in [3.05, 3.63) is 18.5 Å². The Balaban J connectivity index is 1.39. The summed E-state index contributed by atoms with van der Waals surface area (Å²) in [5.74, 6) is 1.33. The molecule has 0 aliphatic carbocycles. The van der Waals surface area contributed by atoms with Crippen molar-refractivity contribution < 1.29 is 32.1 Å². The minimum atomic E-state index is -4.51. The van der Waals surface area contributed by atoms with Crippen molar-refractivity contribution in [1.82, 2.24) is 14.9 Å². The average Bonchev–Trinajstić information content (AvgIpc) is 3.39. The first-order valence-electron chi connectivity index (χ1n) is 12.0. The van der Waals surface area contributed by atoms with Gasteiger partial charge in [0.1, 0.15) is 23.9 Å². The van der Waals surface area contributed by atoms with Crippen LogP contribution in [0, 0.1) is 0 Å². The number of halogens is 3. The van der Waals surface area contributed by atoms with Gasteiger partial charge in [0.05, 0.1) is 49.8 Å². The lowest BCUT2D eigenvalue weighted by molar-refractivity contribution is -0.0554. The summed E-state index contributed by atoms with van der Waals surface area (Å²) in [4.78, 5) is 11.0. The van der Waals surface area contributed by atoms with E-state index in [-0.39, 0.29) is 17.8 Å². The van der Waals surface area contributed by atoms with Gasteiger partial charge in [0.15, 0.2) is 10.9 Å². The molecule has 36 heavy (non-hydrogen) atoms. The molecule has 3 aliphatic heterocycles. The van der Waals surface area contributed by atoms with Crippen molar-refractivity contribution >= 4 is 33.5 Å². The van der Waals surface area contributed by atoms with E-state index in [1.54, 1.807) is 12.1 Å². The maximum absolute atomic E-state index is 13.2. The summed E-state index contributed by atoms with van der Waals surface area (Å²) >= 11 is 0.627. The van der Waals surface area contributed by atoms with E-state index in [0.717, 1.165) is 39.3 Å². The molecule has 2 fully saturated rings. The van der Waals surface area contributed by atoms with Gasteiger partial charge in [-0.15, -0.1) is 0 Å². The predicted octanol–water partition coefficient (Wildman–Crippen LogP) is 3.68. The molecule has 13 heteroatoms. The summed E-state index contributed by atoms with van der Waals surface area (Å²) in [5.41, 5.74) is 0.522. The number of hydrogen-bond acceptors (Lipinski definition) is 10. The van der Waals surface area contributed by atoms with Crippen molar-refractivity contribution in [2.45, 2.75) is 31.5 Å². The number of fused-ring (bicyclic) bond motifs is 1. The van der Waals surface area contributed by atoms with Gasteiger partial charge in [-0.2, -0.15) is 18.3 Å². The zero-order valence-electron chi connectivity index (χ0n) is 19.7. The van der Waals surface area contributed by atoms with E-state index in [9.17, 15) is 13.2 Å². The van der Waals surface area contributed by atoms with Gasteiger partial charge in [-0.25, -0.2) is 15.0 Å². The second kappa shape index (κ2) is 11.4. The fourth-order valence-corrected chi connectivity index (χ4v) is 5.04. The second-order valence-corrected chi connectivity index (χ2v) is 9.61. The smallest absolute Gasteiger partial charge is 0.441 e. The van der Waals surface area contributed by atoms with E-state index in [1.807, 2.05) is 0 Å². The number of aromatic nitrogens is 2. The van der Waals surface area contributed by atoms with E-state index >= 15 is 0 Å². The normalized spacial score (nSPS) is 20.1. The largest absolute Gasteiger partial charge is 0.493 e. The number of alkyl halides is 3. The quantitative estimate of drug-likeness (QED) is 0.478. The lowest BCUT2D eigenvalue weighted by atomic mass is 10.1. The number of anilines is 1. The Morgan fingerprint density at radius 3 is 2.58 bits per heavy atom. The summed E-state index contributed by atoms with van der Waals surface area (Å²) in [7, 11) is 0. The van der Waals surface area contributed by atoms with Crippen LogP contribution in [0.15, 0.2) is 23.6 Å². The molecular weight excluding hydrogens is 499 g/mol. The Morgan fingerprint density at radius 1 is 1.06 bits per heavy atom. The molecule has 1 aromatic carbocycles. The first kappa shape index (κ1) is 25.3. The number of rotatable bonds is 8. The van der Waals surface area contributed by atoms with Crippen LogP contribution in [-0.2, 0) is 9.47 Å². The average molecular weight is 528 g/mol. The highest BCUT2D eigenvalue weighted by Crippen LogP contribution is 2.40. The van der Waals surface area contributed by atoms with Crippen molar-refractivity contribution in [1.29, 1.82) is 0 Å². The molecule has 0 bridgehead atoms. The molecule has 0 atom stereocenters. The van der Waals surface area contributed by atoms with E-state index in [1.165, 1.54) is 11.3 Å². The molecule has 0 unspecified atom stereocenters. The third kappa shape index (κ3) is 6.13. The second-order valence-electron chi connectivity index (χ2n) is 8.67. The van der Waals surface area contributed by atoms with Crippen LogP contribution >= 0.6 is 11.8 Å². The van der Waals surface area contributed by atoms with E-state index < -0.39 is 11.2 Å². The highest BCUT2D eigenvalue weighted by Gasteiger charge is 2.41. The van der Waals surface area contributed by atoms with Crippen LogP contribution in [0.2, 0.25) is 0 Å². The standard InChI is InChI=1S/C23H28F3N5O4S/c24-23(25,26)22-29-31(15-36-22)21-20-18(27-14-28-21)12-17(13-19(20)35-16-2-8-32-9-3-16)34-7-1-4-30-5-10-33-11-6-30/h12-14,16H,1-11,15H2. The van der Waals surface area contributed by atoms with E-state index in [2.05, 4.69) is 20.0 Å². The molecule has 0 spiro atoms. The Bertz CT molecular complexity index is 1080. The molecule has 0 N–H and O–H groups in total. The minimum absolute atomic E-state index is 0.00252. The third-order valence-electron chi connectivity index (χ3n) is 6.13. The van der Waals surface area contributed by atoms with Crippen molar-refractivity contribution in [3.63, 3.8) is 0 Å². The highest BCUT2D eigenvalue weighted by molar-refractivity contribution is 8.14. The van der Waals surface area contributed by atoms with Crippen molar-refractivity contribution in [3.8, 4) is 11.5 Å². The SMILES string of the molecule is FC(F)(F)C1=NN(c2ncnc3cc(OCCCN4CCOCC4)cc(OC4CCOCC4)c23)CS1. The Labute approximate surface area is 210 Å². The molecule has 0 saturated carbocycles. The number of hydrogen-bond donors (Lipinski definition) is 0.